The lowest BCUT2D eigenvalue weighted by Gasteiger charge is -2.10. The molecule has 2 rings (SSSR count). The van der Waals surface area contributed by atoms with E-state index in [0.717, 1.165) is 5.56 Å². The summed E-state index contributed by atoms with van der Waals surface area (Å²) in [6, 6.07) is 14.0. The van der Waals surface area contributed by atoms with Crippen molar-refractivity contribution in [2.24, 2.45) is 0 Å². The molecule has 2 aromatic rings. The van der Waals surface area contributed by atoms with Gasteiger partial charge in [-0.15, -0.1) is 0 Å². The predicted octanol–water partition coefficient (Wildman–Crippen LogP) is 3.83. The maximum atomic E-state index is 10.9. The molecule has 19 heavy (non-hydrogen) atoms. The molecule has 0 fully saturated rings. The number of nitrogens with zero attached hydrogens (tertiary/aromatic N) is 1. The zero-order chi connectivity index (χ0) is 13.7. The molecule has 0 aliphatic carbocycles. The van der Waals surface area contributed by atoms with Gasteiger partial charge in [-0.05, 0) is 11.6 Å². The molecule has 0 radical (unpaired) electrons. The lowest BCUT2D eigenvalue weighted by atomic mass is 10.0. The minimum Gasteiger partial charge on any atom is -0.489 e. The number of hydrogen-bond acceptors (Lipinski definition) is 3. The second-order valence-corrected chi connectivity index (χ2v) is 3.90. The van der Waals surface area contributed by atoms with E-state index in [1.807, 2.05) is 30.3 Å². The Labute approximate surface area is 111 Å². The summed E-state index contributed by atoms with van der Waals surface area (Å²) in [6.45, 7) is 3.95. The zero-order valence-corrected chi connectivity index (χ0v) is 10.3. The molecule has 0 spiro atoms. The number of nitro groups is 1. The zero-order valence-electron chi connectivity index (χ0n) is 10.3. The summed E-state index contributed by atoms with van der Waals surface area (Å²) in [5.41, 5.74) is 1.63. The van der Waals surface area contributed by atoms with Crippen molar-refractivity contribution in [1.29, 1.82) is 0 Å². The minimum atomic E-state index is -0.413. The quantitative estimate of drug-likeness (QED) is 0.463. The number of nitro benzene ring substituents is 1. The number of rotatable bonds is 5. The topological polar surface area (TPSA) is 52.4 Å². The summed E-state index contributed by atoms with van der Waals surface area (Å²) in [5, 5.41) is 10.9. The molecule has 2 aromatic carbocycles. The summed E-state index contributed by atoms with van der Waals surface area (Å²) in [7, 11) is 0. The van der Waals surface area contributed by atoms with Gasteiger partial charge in [0.1, 0.15) is 12.4 Å². The van der Waals surface area contributed by atoms with E-state index in [4.69, 9.17) is 4.74 Å². The van der Waals surface area contributed by atoms with Gasteiger partial charge in [0.15, 0.2) is 0 Å². The molecule has 0 atom stereocenters. The van der Waals surface area contributed by atoms with E-state index in [1.165, 1.54) is 12.1 Å². The molecule has 0 saturated carbocycles. The first-order valence-electron chi connectivity index (χ1n) is 5.80. The van der Waals surface area contributed by atoms with Gasteiger partial charge < -0.3 is 4.74 Å². The van der Waals surface area contributed by atoms with E-state index < -0.39 is 4.92 Å². The van der Waals surface area contributed by atoms with E-state index in [0.29, 0.717) is 17.9 Å². The van der Waals surface area contributed by atoms with Crippen molar-refractivity contribution in [1.82, 2.24) is 0 Å². The second kappa shape index (κ2) is 5.82. The third-order valence-corrected chi connectivity index (χ3v) is 2.62. The Morgan fingerprint density at radius 1 is 1.21 bits per heavy atom. The van der Waals surface area contributed by atoms with Crippen LogP contribution in [-0.4, -0.2) is 11.5 Å². The normalized spacial score (nSPS) is 9.89. The van der Waals surface area contributed by atoms with Gasteiger partial charge >= 0.3 is 0 Å². The van der Waals surface area contributed by atoms with Crippen molar-refractivity contribution in [3.05, 3.63) is 71.3 Å². The van der Waals surface area contributed by atoms with Gasteiger partial charge in [0.2, 0.25) is 0 Å². The Balaban J connectivity index is 2.49. The molecule has 0 aromatic heterocycles. The van der Waals surface area contributed by atoms with Gasteiger partial charge in [0.05, 0.1) is 4.92 Å². The van der Waals surface area contributed by atoms with E-state index in [1.54, 1.807) is 12.1 Å². The number of ether oxygens (including phenoxy) is 1. The van der Waals surface area contributed by atoms with Crippen molar-refractivity contribution in [2.75, 3.05) is 6.61 Å². The summed E-state index contributed by atoms with van der Waals surface area (Å²) < 4.78 is 5.53. The van der Waals surface area contributed by atoms with Crippen LogP contribution in [0, 0.1) is 10.1 Å². The van der Waals surface area contributed by atoms with Gasteiger partial charge in [-0.25, -0.2) is 0 Å². The highest BCUT2D eigenvalue weighted by molar-refractivity contribution is 5.72. The monoisotopic (exact) mass is 255 g/mol. The lowest BCUT2D eigenvalue weighted by Crippen LogP contribution is -1.96. The predicted molar refractivity (Wildman–Crippen MR) is 74.2 cm³/mol. The van der Waals surface area contributed by atoms with Crippen LogP contribution in [0.2, 0.25) is 0 Å². The number of non-ortho nitro benzene ring substituents is 1. The van der Waals surface area contributed by atoms with E-state index in [2.05, 4.69) is 6.58 Å². The van der Waals surface area contributed by atoms with Crippen LogP contribution in [-0.2, 0) is 0 Å². The highest BCUT2D eigenvalue weighted by atomic mass is 16.6. The summed E-state index contributed by atoms with van der Waals surface area (Å²) in [4.78, 5) is 10.4. The van der Waals surface area contributed by atoms with Crippen molar-refractivity contribution < 1.29 is 9.66 Å². The molecular formula is C15H13NO3. The SMILES string of the molecule is C=CCOc1ccc([N+](=O)[O-])cc1-c1ccccc1. The first kappa shape index (κ1) is 12.8. The summed E-state index contributed by atoms with van der Waals surface area (Å²) in [6.07, 6.45) is 1.64. The molecule has 0 N–H and O–H groups in total. The Hall–Kier alpha value is -2.62. The van der Waals surface area contributed by atoms with Crippen molar-refractivity contribution in [2.45, 2.75) is 0 Å². The third kappa shape index (κ3) is 2.98. The molecule has 0 unspecified atom stereocenters. The lowest BCUT2D eigenvalue weighted by molar-refractivity contribution is -0.384. The minimum absolute atomic E-state index is 0.0461. The van der Waals surface area contributed by atoms with Crippen molar-refractivity contribution >= 4 is 5.69 Å². The van der Waals surface area contributed by atoms with Crippen molar-refractivity contribution in [3.8, 4) is 16.9 Å². The highest BCUT2D eigenvalue weighted by Crippen LogP contribution is 2.33. The number of benzene rings is 2. The molecule has 0 aliphatic heterocycles. The highest BCUT2D eigenvalue weighted by Gasteiger charge is 2.12. The fourth-order valence-electron chi connectivity index (χ4n) is 1.75. The van der Waals surface area contributed by atoms with Gasteiger partial charge in [-0.2, -0.15) is 0 Å². The molecular weight excluding hydrogens is 242 g/mol. The molecule has 4 heteroatoms. The van der Waals surface area contributed by atoms with Crippen LogP contribution in [0.1, 0.15) is 0 Å². The average molecular weight is 255 g/mol. The summed E-state index contributed by atoms with van der Waals surface area (Å²) in [5.74, 6) is 0.608. The van der Waals surface area contributed by atoms with E-state index in [9.17, 15) is 10.1 Å². The Morgan fingerprint density at radius 2 is 1.95 bits per heavy atom. The van der Waals surface area contributed by atoms with Crippen LogP contribution in [0.3, 0.4) is 0 Å². The second-order valence-electron chi connectivity index (χ2n) is 3.90. The Kier molecular flexibility index (Phi) is 3.93. The van der Waals surface area contributed by atoms with E-state index in [-0.39, 0.29) is 5.69 Å². The van der Waals surface area contributed by atoms with Crippen LogP contribution >= 0.6 is 0 Å². The molecule has 0 saturated heterocycles. The van der Waals surface area contributed by atoms with E-state index >= 15 is 0 Å². The maximum absolute atomic E-state index is 10.9. The summed E-state index contributed by atoms with van der Waals surface area (Å²) >= 11 is 0. The Bertz CT molecular complexity index is 594. The Morgan fingerprint density at radius 3 is 2.58 bits per heavy atom. The molecule has 0 heterocycles. The fourth-order valence-corrected chi connectivity index (χ4v) is 1.75. The largest absolute Gasteiger partial charge is 0.489 e. The first-order valence-corrected chi connectivity index (χ1v) is 5.80. The van der Waals surface area contributed by atoms with Crippen LogP contribution in [0.25, 0.3) is 11.1 Å². The van der Waals surface area contributed by atoms with Gasteiger partial charge in [-0.1, -0.05) is 43.0 Å². The van der Waals surface area contributed by atoms with Crippen molar-refractivity contribution in [3.63, 3.8) is 0 Å². The van der Waals surface area contributed by atoms with Gasteiger partial charge in [0, 0.05) is 17.7 Å². The smallest absolute Gasteiger partial charge is 0.270 e. The molecule has 96 valence electrons. The van der Waals surface area contributed by atoms with Gasteiger partial charge in [0.25, 0.3) is 5.69 Å². The molecule has 4 nitrogen and oxygen atoms in total. The first-order chi connectivity index (χ1) is 9.22. The third-order valence-electron chi connectivity index (χ3n) is 2.62. The van der Waals surface area contributed by atoms with Crippen LogP contribution in [0.4, 0.5) is 5.69 Å². The average Bonchev–Trinajstić information content (AvgIpc) is 2.45. The number of hydrogen-bond donors (Lipinski definition) is 0. The van der Waals surface area contributed by atoms with Crippen LogP contribution in [0.5, 0.6) is 5.75 Å². The molecule has 0 bridgehead atoms. The van der Waals surface area contributed by atoms with Crippen LogP contribution < -0.4 is 4.74 Å². The maximum Gasteiger partial charge on any atom is 0.270 e. The standard InChI is InChI=1S/C15H13NO3/c1-2-10-19-15-9-8-13(16(17)18)11-14(15)12-6-4-3-5-7-12/h2-9,11H,1,10H2. The van der Waals surface area contributed by atoms with Gasteiger partial charge in [-0.3, -0.25) is 10.1 Å². The molecule has 0 amide bonds. The molecule has 0 aliphatic rings. The van der Waals surface area contributed by atoms with Crippen LogP contribution in [0.15, 0.2) is 61.2 Å². The fraction of sp³-hybridized carbons (Fsp3) is 0.0667.